The molecule has 2 saturated heterocycles. The number of thiazole rings is 1. The van der Waals surface area contributed by atoms with Gasteiger partial charge in [-0.3, -0.25) is 9.59 Å². The lowest BCUT2D eigenvalue weighted by atomic mass is 10.1. The van der Waals surface area contributed by atoms with Gasteiger partial charge in [0, 0.05) is 73.8 Å². The number of benzene rings is 1. The summed E-state index contributed by atoms with van der Waals surface area (Å²) < 4.78 is 35.4. The first-order valence-electron chi connectivity index (χ1n) is 14.0. The number of morpholine rings is 1. The number of carbonyl (C=O) groups is 2. The molecule has 0 radical (unpaired) electrons. The van der Waals surface area contributed by atoms with Gasteiger partial charge in [0.15, 0.2) is 10.8 Å². The molecule has 2 aromatic heterocycles. The summed E-state index contributed by atoms with van der Waals surface area (Å²) in [6.45, 7) is 3.65. The summed E-state index contributed by atoms with van der Waals surface area (Å²) >= 11 is 2.51. The molecule has 0 aliphatic carbocycles. The number of amides is 2. The first-order valence-corrected chi connectivity index (χ1v) is 17.1. The first-order chi connectivity index (χ1) is 20.6. The van der Waals surface area contributed by atoms with E-state index in [2.05, 4.69) is 15.0 Å². The van der Waals surface area contributed by atoms with E-state index in [0.717, 1.165) is 46.1 Å². The quantitative estimate of drug-likeness (QED) is 0.173. The smallest absolute Gasteiger partial charge is 0.283 e. The highest BCUT2D eigenvalue weighted by atomic mass is 32.2. The molecular formula is C27H33N7O6S3. The maximum atomic E-state index is 13.9. The van der Waals surface area contributed by atoms with Crippen LogP contribution < -0.4 is 5.73 Å². The highest BCUT2D eigenvalue weighted by Crippen LogP contribution is 2.34. The Hall–Kier alpha value is -3.15. The molecule has 2 fully saturated rings. The Labute approximate surface area is 257 Å². The predicted octanol–water partition coefficient (Wildman–Crippen LogP) is 1.20. The Morgan fingerprint density at radius 3 is 2.70 bits per heavy atom. The Morgan fingerprint density at radius 1 is 1.14 bits per heavy atom. The third kappa shape index (κ3) is 5.99. The van der Waals surface area contributed by atoms with Crippen LogP contribution in [-0.2, 0) is 32.5 Å². The Kier molecular flexibility index (Phi) is 8.41. The molecule has 1 unspecified atom stereocenters. The zero-order valence-corrected chi connectivity index (χ0v) is 26.1. The van der Waals surface area contributed by atoms with Gasteiger partial charge in [-0.15, -0.1) is 22.7 Å². The zero-order valence-electron chi connectivity index (χ0n) is 23.6. The minimum absolute atomic E-state index is 0.00113. The van der Waals surface area contributed by atoms with E-state index >= 15 is 0 Å². The maximum Gasteiger partial charge on any atom is 0.283 e. The number of nitrogens with zero attached hydrogens (tertiary/aromatic N) is 6. The molecule has 16 heteroatoms. The fourth-order valence-electron chi connectivity index (χ4n) is 5.66. The van der Waals surface area contributed by atoms with Crippen molar-refractivity contribution in [2.75, 3.05) is 59.5 Å². The summed E-state index contributed by atoms with van der Waals surface area (Å²) in [6, 6.07) is 5.99. The number of oxime groups is 1. The van der Waals surface area contributed by atoms with E-state index in [1.807, 2.05) is 7.05 Å². The van der Waals surface area contributed by atoms with Crippen LogP contribution in [0.4, 0.5) is 0 Å². The van der Waals surface area contributed by atoms with Crippen molar-refractivity contribution in [3.63, 3.8) is 0 Å². The molecule has 1 atom stereocenters. The van der Waals surface area contributed by atoms with Crippen molar-refractivity contribution in [2.24, 2.45) is 10.9 Å². The molecule has 6 rings (SSSR count). The third-order valence-electron chi connectivity index (χ3n) is 8.08. The number of ether oxygens (including phenoxy) is 1. The van der Waals surface area contributed by atoms with E-state index in [0.29, 0.717) is 42.3 Å². The summed E-state index contributed by atoms with van der Waals surface area (Å²) in [5.41, 5.74) is 7.13. The SMILES string of the molecule is CN1CCc2nc(C(=O)N3CCN(S(=O)(=O)c4cc5cc(C(N)=NO)ccc5s4)CC3CC(=O)N3CCOCC3)sc2C1. The normalized spacial score (nSPS) is 20.9. The minimum atomic E-state index is -3.94. The van der Waals surface area contributed by atoms with Gasteiger partial charge in [0.05, 0.1) is 24.9 Å². The van der Waals surface area contributed by atoms with E-state index < -0.39 is 16.1 Å². The van der Waals surface area contributed by atoms with Gasteiger partial charge in [0.25, 0.3) is 15.9 Å². The Morgan fingerprint density at radius 2 is 1.93 bits per heavy atom. The lowest BCUT2D eigenvalue weighted by Crippen LogP contribution is -2.58. The summed E-state index contributed by atoms with van der Waals surface area (Å²) in [5, 5.41) is 13.1. The van der Waals surface area contributed by atoms with Gasteiger partial charge in [-0.2, -0.15) is 4.31 Å². The van der Waals surface area contributed by atoms with Gasteiger partial charge < -0.3 is 30.4 Å². The highest BCUT2D eigenvalue weighted by Gasteiger charge is 2.40. The van der Waals surface area contributed by atoms with Gasteiger partial charge in [-0.1, -0.05) is 5.16 Å². The van der Waals surface area contributed by atoms with Gasteiger partial charge in [-0.25, -0.2) is 13.4 Å². The van der Waals surface area contributed by atoms with E-state index in [9.17, 15) is 18.0 Å². The minimum Gasteiger partial charge on any atom is -0.409 e. The van der Waals surface area contributed by atoms with Gasteiger partial charge in [0.1, 0.15) is 4.21 Å². The number of carbonyl (C=O) groups excluding carboxylic acids is 2. The number of piperazine rings is 1. The van der Waals surface area contributed by atoms with Crippen LogP contribution in [0.3, 0.4) is 0 Å². The second-order valence-corrected chi connectivity index (χ2v) is 15.2. The number of rotatable bonds is 6. The van der Waals surface area contributed by atoms with Crippen LogP contribution in [-0.4, -0.2) is 121 Å². The summed E-state index contributed by atoms with van der Waals surface area (Å²) in [6.07, 6.45) is 0.776. The molecule has 43 heavy (non-hydrogen) atoms. The van der Waals surface area contributed by atoms with E-state index in [-0.39, 0.29) is 47.9 Å². The molecule has 13 nitrogen and oxygen atoms in total. The molecule has 0 spiro atoms. The lowest BCUT2D eigenvalue weighted by Gasteiger charge is -2.41. The molecule has 3 aromatic rings. The number of nitrogens with two attached hydrogens (primary N) is 1. The number of likely N-dealkylation sites (N-methyl/N-ethyl adjacent to an activating group) is 1. The number of amidine groups is 1. The molecule has 0 bridgehead atoms. The van der Waals surface area contributed by atoms with E-state index in [4.69, 9.17) is 15.7 Å². The van der Waals surface area contributed by atoms with Crippen molar-refractivity contribution >= 4 is 60.4 Å². The standard InChI is InChI=1S/C27H33N7O6S3/c1-31-5-4-20-22(16-31)42-26(29-20)27(36)34-7-6-33(15-19(34)14-23(35)32-8-10-40-11-9-32)43(38,39)24-13-18-12-17(25(28)30-37)2-3-21(18)41-24/h2-3,12-13,19,37H,4-11,14-16H2,1H3,(H2,28,30). The van der Waals surface area contributed by atoms with E-state index in [1.54, 1.807) is 34.1 Å². The predicted molar refractivity (Wildman–Crippen MR) is 162 cm³/mol. The fraction of sp³-hybridized carbons (Fsp3) is 0.481. The van der Waals surface area contributed by atoms with Crippen LogP contribution in [0.15, 0.2) is 33.6 Å². The lowest BCUT2D eigenvalue weighted by molar-refractivity contribution is -0.136. The highest BCUT2D eigenvalue weighted by molar-refractivity contribution is 7.91. The number of fused-ring (bicyclic) bond motifs is 2. The number of thiophene rings is 1. The maximum absolute atomic E-state index is 13.9. The van der Waals surface area contributed by atoms with Crippen molar-refractivity contribution in [1.82, 2.24) is 24.0 Å². The second-order valence-electron chi connectivity index (χ2n) is 10.9. The average Bonchev–Trinajstić information content (AvgIpc) is 3.65. The second kappa shape index (κ2) is 12.1. The number of aromatic nitrogens is 1. The van der Waals surface area contributed by atoms with Crippen molar-refractivity contribution in [1.29, 1.82) is 0 Å². The number of sulfonamides is 1. The topological polar surface area (TPSA) is 162 Å². The van der Waals surface area contributed by atoms with Gasteiger partial charge in [0.2, 0.25) is 5.91 Å². The summed E-state index contributed by atoms with van der Waals surface area (Å²) in [4.78, 5) is 38.4. The molecule has 2 amide bonds. The fourth-order valence-corrected chi connectivity index (χ4v) is 9.80. The van der Waals surface area contributed by atoms with Crippen molar-refractivity contribution in [3.8, 4) is 0 Å². The summed E-state index contributed by atoms with van der Waals surface area (Å²) in [7, 11) is -1.91. The first kappa shape index (κ1) is 29.9. The van der Waals surface area contributed by atoms with Crippen LogP contribution >= 0.6 is 22.7 Å². The van der Waals surface area contributed by atoms with Gasteiger partial charge in [-0.05, 0) is 36.7 Å². The molecule has 3 aliphatic rings. The number of hydrogen-bond donors (Lipinski definition) is 2. The summed E-state index contributed by atoms with van der Waals surface area (Å²) in [5.74, 6) is -0.474. The van der Waals surface area contributed by atoms with Crippen LogP contribution in [0.2, 0.25) is 0 Å². The van der Waals surface area contributed by atoms with Crippen molar-refractivity contribution in [3.05, 3.63) is 45.4 Å². The Balaban J connectivity index is 1.27. The molecule has 3 N–H and O–H groups in total. The van der Waals surface area contributed by atoms with Crippen LogP contribution in [0.1, 0.15) is 32.4 Å². The molecular weight excluding hydrogens is 615 g/mol. The molecule has 0 saturated carbocycles. The van der Waals surface area contributed by atoms with Crippen LogP contribution in [0.5, 0.6) is 0 Å². The molecule has 3 aliphatic heterocycles. The molecule has 230 valence electrons. The van der Waals surface area contributed by atoms with Crippen LogP contribution in [0.25, 0.3) is 10.1 Å². The average molecular weight is 648 g/mol. The largest absolute Gasteiger partial charge is 0.409 e. The van der Waals surface area contributed by atoms with Crippen LogP contribution in [0, 0.1) is 0 Å². The molecule has 1 aromatic carbocycles. The van der Waals surface area contributed by atoms with Gasteiger partial charge >= 0.3 is 0 Å². The monoisotopic (exact) mass is 647 g/mol. The zero-order chi connectivity index (χ0) is 30.3. The van der Waals surface area contributed by atoms with Crippen molar-refractivity contribution < 1.29 is 28.0 Å². The number of hydrogen-bond acceptors (Lipinski definition) is 11. The van der Waals surface area contributed by atoms with Crippen molar-refractivity contribution in [2.45, 2.75) is 29.6 Å². The molecule has 5 heterocycles. The Bertz CT molecular complexity index is 1680. The van der Waals surface area contributed by atoms with E-state index in [1.165, 1.54) is 15.6 Å². The third-order valence-corrected chi connectivity index (χ3v) is 12.6.